The Morgan fingerprint density at radius 1 is 1.05 bits per heavy atom. The summed E-state index contributed by atoms with van der Waals surface area (Å²) >= 11 is 1.51. The molecule has 0 saturated heterocycles. The van der Waals surface area contributed by atoms with Gasteiger partial charge >= 0.3 is 0 Å². The summed E-state index contributed by atoms with van der Waals surface area (Å²) in [7, 11) is 0. The van der Waals surface area contributed by atoms with Crippen molar-refractivity contribution in [2.45, 2.75) is 6.04 Å². The molecule has 0 saturated carbocycles. The molecule has 3 aromatic heterocycles. The Hall–Kier alpha value is -2.57. The van der Waals surface area contributed by atoms with E-state index in [0.717, 1.165) is 26.8 Å². The van der Waals surface area contributed by atoms with Crippen LogP contribution in [0.2, 0.25) is 0 Å². The molecule has 3 heterocycles. The lowest BCUT2D eigenvalue weighted by atomic mass is 10.1. The maximum absolute atomic E-state index is 6.31. The van der Waals surface area contributed by atoms with Gasteiger partial charge in [-0.3, -0.25) is 4.98 Å². The Labute approximate surface area is 131 Å². The fourth-order valence-corrected chi connectivity index (χ4v) is 3.26. The predicted octanol–water partition coefficient (Wildman–Crippen LogP) is 2.90. The molecule has 0 aliphatic carbocycles. The smallest absolute Gasteiger partial charge is 0.212 e. The number of pyridine rings is 1. The molecule has 0 fully saturated rings. The number of nitrogens with two attached hydrogens (primary N) is 1. The molecular formula is C16H13N5S. The van der Waals surface area contributed by atoms with Gasteiger partial charge in [-0.25, -0.2) is 9.50 Å². The van der Waals surface area contributed by atoms with Gasteiger partial charge in [0.25, 0.3) is 0 Å². The van der Waals surface area contributed by atoms with Gasteiger partial charge in [-0.2, -0.15) is 5.10 Å². The Morgan fingerprint density at radius 2 is 1.82 bits per heavy atom. The number of nitrogens with zero attached hydrogens (tertiary/aromatic N) is 4. The quantitative estimate of drug-likeness (QED) is 0.632. The van der Waals surface area contributed by atoms with Crippen molar-refractivity contribution in [2.24, 2.45) is 5.73 Å². The molecule has 1 unspecified atom stereocenters. The summed E-state index contributed by atoms with van der Waals surface area (Å²) in [6.45, 7) is 0. The van der Waals surface area contributed by atoms with Crippen LogP contribution in [0.1, 0.15) is 16.6 Å². The number of rotatable bonds is 3. The van der Waals surface area contributed by atoms with Gasteiger partial charge in [0, 0.05) is 18.0 Å². The van der Waals surface area contributed by atoms with E-state index in [0.29, 0.717) is 0 Å². The fourth-order valence-electron chi connectivity index (χ4n) is 2.35. The van der Waals surface area contributed by atoms with Gasteiger partial charge in [-0.1, -0.05) is 41.7 Å². The number of fused-ring (bicyclic) bond motifs is 1. The molecule has 0 bridgehead atoms. The first-order chi connectivity index (χ1) is 10.8. The molecule has 4 rings (SSSR count). The molecule has 5 nitrogen and oxygen atoms in total. The Balaban J connectivity index is 1.78. The zero-order valence-electron chi connectivity index (χ0n) is 11.6. The zero-order valence-corrected chi connectivity index (χ0v) is 12.4. The van der Waals surface area contributed by atoms with Crippen LogP contribution in [-0.2, 0) is 0 Å². The van der Waals surface area contributed by atoms with Crippen molar-refractivity contribution in [2.75, 3.05) is 0 Å². The van der Waals surface area contributed by atoms with Crippen LogP contribution in [-0.4, -0.2) is 19.6 Å². The molecule has 6 heteroatoms. The third-order valence-electron chi connectivity index (χ3n) is 3.50. The molecule has 2 N–H and O–H groups in total. The summed E-state index contributed by atoms with van der Waals surface area (Å²) in [5, 5.41) is 5.49. The summed E-state index contributed by atoms with van der Waals surface area (Å²) < 4.78 is 1.86. The number of imidazole rings is 1. The van der Waals surface area contributed by atoms with Crippen LogP contribution in [0.4, 0.5) is 0 Å². The first-order valence-corrected chi connectivity index (χ1v) is 7.70. The highest BCUT2D eigenvalue weighted by Crippen LogP contribution is 2.27. The molecule has 22 heavy (non-hydrogen) atoms. The van der Waals surface area contributed by atoms with E-state index in [4.69, 9.17) is 5.73 Å². The van der Waals surface area contributed by atoms with E-state index < -0.39 is 0 Å². The van der Waals surface area contributed by atoms with E-state index in [9.17, 15) is 0 Å². The highest BCUT2D eigenvalue weighted by Gasteiger charge is 2.17. The minimum atomic E-state index is -0.265. The number of aromatic nitrogens is 4. The second-order valence-electron chi connectivity index (χ2n) is 4.90. The SMILES string of the molecule is NC(c1ccncc1)c1nn2c(-c3ccccc3)cnc2s1. The Morgan fingerprint density at radius 3 is 2.59 bits per heavy atom. The van der Waals surface area contributed by atoms with Crippen molar-refractivity contribution >= 4 is 16.3 Å². The normalized spacial score (nSPS) is 12.6. The maximum atomic E-state index is 6.31. The van der Waals surface area contributed by atoms with Crippen LogP contribution in [0.25, 0.3) is 16.2 Å². The van der Waals surface area contributed by atoms with Crippen molar-refractivity contribution in [1.29, 1.82) is 0 Å². The van der Waals surface area contributed by atoms with Crippen molar-refractivity contribution in [1.82, 2.24) is 19.6 Å². The maximum Gasteiger partial charge on any atom is 0.212 e. The van der Waals surface area contributed by atoms with E-state index in [1.807, 2.05) is 53.2 Å². The van der Waals surface area contributed by atoms with E-state index >= 15 is 0 Å². The lowest BCUT2D eigenvalue weighted by Crippen LogP contribution is -2.12. The monoisotopic (exact) mass is 307 g/mol. The third-order valence-corrected chi connectivity index (χ3v) is 4.51. The van der Waals surface area contributed by atoms with Crippen molar-refractivity contribution in [3.8, 4) is 11.3 Å². The van der Waals surface area contributed by atoms with E-state index in [-0.39, 0.29) is 6.04 Å². The topological polar surface area (TPSA) is 69.1 Å². The molecule has 0 aliphatic heterocycles. The van der Waals surface area contributed by atoms with Crippen molar-refractivity contribution < 1.29 is 0 Å². The summed E-state index contributed by atoms with van der Waals surface area (Å²) in [5.74, 6) is 0. The molecule has 0 radical (unpaired) electrons. The number of benzene rings is 1. The van der Waals surface area contributed by atoms with Crippen LogP contribution < -0.4 is 5.73 Å². The summed E-state index contributed by atoms with van der Waals surface area (Å²) in [5.41, 5.74) is 9.36. The van der Waals surface area contributed by atoms with Gasteiger partial charge in [0.05, 0.1) is 17.9 Å². The zero-order chi connectivity index (χ0) is 14.9. The summed E-state index contributed by atoms with van der Waals surface area (Å²) in [6, 6.07) is 13.7. The molecule has 1 atom stereocenters. The second-order valence-corrected chi connectivity index (χ2v) is 5.89. The van der Waals surface area contributed by atoms with E-state index in [1.54, 1.807) is 12.4 Å². The van der Waals surface area contributed by atoms with Crippen molar-refractivity contribution in [3.05, 3.63) is 71.6 Å². The number of hydrogen-bond donors (Lipinski definition) is 1. The Kier molecular flexibility index (Phi) is 3.17. The molecule has 0 aliphatic rings. The predicted molar refractivity (Wildman–Crippen MR) is 86.6 cm³/mol. The van der Waals surface area contributed by atoms with Crippen LogP contribution >= 0.6 is 11.3 Å². The summed E-state index contributed by atoms with van der Waals surface area (Å²) in [6.07, 6.45) is 5.32. The van der Waals surface area contributed by atoms with Gasteiger partial charge in [-0.15, -0.1) is 0 Å². The van der Waals surface area contributed by atoms with Gasteiger partial charge in [0.1, 0.15) is 5.01 Å². The average molecular weight is 307 g/mol. The van der Waals surface area contributed by atoms with Gasteiger partial charge in [0.2, 0.25) is 4.96 Å². The van der Waals surface area contributed by atoms with Crippen LogP contribution in [0.3, 0.4) is 0 Å². The van der Waals surface area contributed by atoms with Crippen LogP contribution in [0.5, 0.6) is 0 Å². The third kappa shape index (κ3) is 2.18. The molecule has 0 amide bonds. The largest absolute Gasteiger partial charge is 0.318 e. The van der Waals surface area contributed by atoms with E-state index in [1.165, 1.54) is 11.3 Å². The number of hydrogen-bond acceptors (Lipinski definition) is 5. The van der Waals surface area contributed by atoms with E-state index in [2.05, 4.69) is 15.1 Å². The highest BCUT2D eigenvalue weighted by molar-refractivity contribution is 7.16. The fraction of sp³-hybridized carbons (Fsp3) is 0.0625. The molecule has 108 valence electrons. The van der Waals surface area contributed by atoms with Gasteiger partial charge in [0.15, 0.2) is 0 Å². The van der Waals surface area contributed by atoms with Gasteiger partial charge in [-0.05, 0) is 17.7 Å². The van der Waals surface area contributed by atoms with Crippen LogP contribution in [0, 0.1) is 0 Å². The first kappa shape index (κ1) is 13.1. The summed E-state index contributed by atoms with van der Waals surface area (Å²) in [4.78, 5) is 9.31. The molecular weight excluding hydrogens is 294 g/mol. The van der Waals surface area contributed by atoms with Crippen LogP contribution in [0.15, 0.2) is 61.1 Å². The minimum absolute atomic E-state index is 0.265. The molecule has 1 aromatic carbocycles. The minimum Gasteiger partial charge on any atom is -0.318 e. The first-order valence-electron chi connectivity index (χ1n) is 6.88. The molecule has 4 aromatic rings. The Bertz CT molecular complexity index is 898. The second kappa shape index (κ2) is 5.32. The lowest BCUT2D eigenvalue weighted by molar-refractivity contribution is 0.807. The molecule has 0 spiro atoms. The van der Waals surface area contributed by atoms with Crippen molar-refractivity contribution in [3.63, 3.8) is 0 Å². The standard InChI is InChI=1S/C16H13N5S/c17-14(12-6-8-18-9-7-12)15-20-21-13(10-19-16(21)22-15)11-4-2-1-3-5-11/h1-10,14H,17H2. The lowest BCUT2D eigenvalue weighted by Gasteiger charge is -2.07. The van der Waals surface area contributed by atoms with Gasteiger partial charge < -0.3 is 5.73 Å². The average Bonchev–Trinajstić information content (AvgIpc) is 3.16. The highest BCUT2D eigenvalue weighted by atomic mass is 32.1.